The molecule has 0 N–H and O–H groups in total. The first-order valence-corrected chi connectivity index (χ1v) is 11.5. The molecular formula is C28H22S2. The van der Waals surface area contributed by atoms with E-state index in [1.165, 1.54) is 32.0 Å². The Morgan fingerprint density at radius 2 is 0.900 bits per heavy atom. The Hall–Kier alpha value is -3.12. The number of thiophene rings is 2. The summed E-state index contributed by atoms with van der Waals surface area (Å²) in [6, 6.07) is 25.6. The van der Waals surface area contributed by atoms with E-state index >= 15 is 0 Å². The fourth-order valence-corrected chi connectivity index (χ4v) is 4.38. The molecule has 0 nitrogen and oxygen atoms in total. The summed E-state index contributed by atoms with van der Waals surface area (Å²) >= 11 is 3.44. The molecule has 4 rings (SSSR count). The lowest BCUT2D eigenvalue weighted by atomic mass is 10.1. The van der Waals surface area contributed by atoms with E-state index in [1.807, 2.05) is 0 Å². The molecule has 0 atom stereocenters. The van der Waals surface area contributed by atoms with Crippen molar-refractivity contribution >= 4 is 47.0 Å². The van der Waals surface area contributed by atoms with Gasteiger partial charge in [-0.05, 0) is 73.2 Å². The van der Waals surface area contributed by atoms with E-state index in [9.17, 15) is 0 Å². The maximum atomic E-state index is 3.30. The minimum absolute atomic E-state index is 1.09. The molecule has 0 bridgehead atoms. The molecule has 2 heteroatoms. The summed E-state index contributed by atoms with van der Waals surface area (Å²) in [4.78, 5) is 4.60. The van der Waals surface area contributed by atoms with Gasteiger partial charge in [0.2, 0.25) is 0 Å². The summed E-state index contributed by atoms with van der Waals surface area (Å²) in [6.07, 6.45) is 8.60. The van der Waals surface area contributed by atoms with Crippen molar-refractivity contribution in [3.63, 3.8) is 0 Å². The Morgan fingerprint density at radius 3 is 1.30 bits per heavy atom. The largest absolute Gasteiger partial charge is 0.127 e. The second-order valence-electron chi connectivity index (χ2n) is 7.14. The van der Waals surface area contributed by atoms with Crippen molar-refractivity contribution in [3.8, 4) is 11.8 Å². The lowest BCUT2D eigenvalue weighted by molar-refractivity contribution is 1.46. The van der Waals surface area contributed by atoms with Gasteiger partial charge in [0.25, 0.3) is 0 Å². The Labute approximate surface area is 186 Å². The SMILES string of the molecule is Cc1ccc(/C=C/c2ccc(C#Cc3ccc(/C=C/c4ccc(C)cc4)s3)s2)cc1. The maximum absolute atomic E-state index is 3.30. The van der Waals surface area contributed by atoms with Crippen LogP contribution in [0.5, 0.6) is 0 Å². The van der Waals surface area contributed by atoms with Crippen LogP contribution in [0, 0.1) is 25.7 Å². The number of aryl methyl sites for hydroxylation is 2. The van der Waals surface area contributed by atoms with Crippen LogP contribution in [0.3, 0.4) is 0 Å². The Kier molecular flexibility index (Phi) is 6.44. The third-order valence-electron chi connectivity index (χ3n) is 4.60. The van der Waals surface area contributed by atoms with Gasteiger partial charge in [-0.25, -0.2) is 0 Å². The lowest BCUT2D eigenvalue weighted by Crippen LogP contribution is -1.72. The van der Waals surface area contributed by atoms with Crippen molar-refractivity contribution in [3.05, 3.63) is 115 Å². The van der Waals surface area contributed by atoms with Crippen molar-refractivity contribution in [2.45, 2.75) is 13.8 Å². The molecule has 30 heavy (non-hydrogen) atoms. The van der Waals surface area contributed by atoms with E-state index in [0.717, 1.165) is 9.75 Å². The molecular weight excluding hydrogens is 400 g/mol. The molecule has 0 aliphatic heterocycles. The van der Waals surface area contributed by atoms with Crippen LogP contribution in [0.1, 0.15) is 41.8 Å². The first-order chi connectivity index (χ1) is 14.6. The predicted octanol–water partition coefficient (Wildman–Crippen LogP) is 8.17. The standard InChI is InChI=1S/C28H22S2/c1-21-3-7-23(8-4-21)11-13-25-15-17-27(29-25)19-20-28-18-16-26(30-28)14-12-24-9-5-22(2)6-10-24/h3-18H,1-2H3/b13-11+,14-12+. The first-order valence-electron chi connectivity index (χ1n) is 9.85. The van der Waals surface area contributed by atoms with Crippen LogP contribution in [-0.4, -0.2) is 0 Å². The highest BCUT2D eigenvalue weighted by atomic mass is 32.1. The van der Waals surface area contributed by atoms with Crippen molar-refractivity contribution in [2.24, 2.45) is 0 Å². The molecule has 0 saturated carbocycles. The van der Waals surface area contributed by atoms with Crippen LogP contribution >= 0.6 is 22.7 Å². The highest BCUT2D eigenvalue weighted by Gasteiger charge is 1.97. The van der Waals surface area contributed by atoms with Crippen LogP contribution < -0.4 is 0 Å². The number of hydrogen-bond acceptors (Lipinski definition) is 2. The van der Waals surface area contributed by atoms with E-state index < -0.39 is 0 Å². The number of hydrogen-bond donors (Lipinski definition) is 0. The van der Waals surface area contributed by atoms with Gasteiger partial charge in [0.15, 0.2) is 0 Å². The monoisotopic (exact) mass is 422 g/mol. The van der Waals surface area contributed by atoms with Gasteiger partial charge in [0.05, 0.1) is 9.75 Å². The van der Waals surface area contributed by atoms with E-state index in [2.05, 4.69) is 123 Å². The minimum Gasteiger partial charge on any atom is -0.127 e. The summed E-state index contributed by atoms with van der Waals surface area (Å²) in [7, 11) is 0. The molecule has 0 aliphatic carbocycles. The van der Waals surface area contributed by atoms with Crippen LogP contribution in [0.2, 0.25) is 0 Å². The normalized spacial score (nSPS) is 11.1. The predicted molar refractivity (Wildman–Crippen MR) is 135 cm³/mol. The zero-order valence-corrected chi connectivity index (χ0v) is 18.7. The van der Waals surface area contributed by atoms with Gasteiger partial charge in [0.1, 0.15) is 0 Å². The average molecular weight is 423 g/mol. The summed E-state index contributed by atoms with van der Waals surface area (Å²) in [6.45, 7) is 4.21. The molecule has 2 aromatic carbocycles. The fourth-order valence-electron chi connectivity index (χ4n) is 2.85. The third kappa shape index (κ3) is 5.70. The molecule has 0 fully saturated rings. The molecule has 0 saturated heterocycles. The van der Waals surface area contributed by atoms with Crippen molar-refractivity contribution < 1.29 is 0 Å². The van der Waals surface area contributed by atoms with E-state index in [1.54, 1.807) is 22.7 Å². The van der Waals surface area contributed by atoms with Gasteiger partial charge < -0.3 is 0 Å². The minimum atomic E-state index is 1.09. The van der Waals surface area contributed by atoms with Crippen molar-refractivity contribution in [2.75, 3.05) is 0 Å². The van der Waals surface area contributed by atoms with Crippen molar-refractivity contribution in [1.29, 1.82) is 0 Å². The van der Waals surface area contributed by atoms with Crippen LogP contribution in [0.25, 0.3) is 24.3 Å². The molecule has 0 amide bonds. The zero-order valence-electron chi connectivity index (χ0n) is 17.1. The molecule has 4 aromatic rings. The summed E-state index contributed by atoms with van der Waals surface area (Å²) in [5.74, 6) is 6.60. The second-order valence-corrected chi connectivity index (χ2v) is 9.37. The Balaban J connectivity index is 1.40. The Morgan fingerprint density at radius 1 is 0.500 bits per heavy atom. The Bertz CT molecular complexity index is 1140. The molecule has 2 heterocycles. The highest BCUT2D eigenvalue weighted by molar-refractivity contribution is 7.14. The molecule has 0 radical (unpaired) electrons. The van der Waals surface area contributed by atoms with Gasteiger partial charge in [-0.1, -0.05) is 71.8 Å². The number of benzene rings is 2. The van der Waals surface area contributed by atoms with Gasteiger partial charge >= 0.3 is 0 Å². The van der Waals surface area contributed by atoms with Gasteiger partial charge in [-0.15, -0.1) is 22.7 Å². The molecule has 146 valence electrons. The summed E-state index contributed by atoms with van der Waals surface area (Å²) in [5, 5.41) is 0. The molecule has 0 spiro atoms. The molecule has 0 unspecified atom stereocenters. The fraction of sp³-hybridized carbons (Fsp3) is 0.0714. The smallest absolute Gasteiger partial charge is 0.0778 e. The number of rotatable bonds is 4. The first kappa shape index (κ1) is 20.2. The molecule has 0 aliphatic rings. The van der Waals surface area contributed by atoms with Crippen LogP contribution in [-0.2, 0) is 0 Å². The van der Waals surface area contributed by atoms with Gasteiger partial charge in [-0.2, -0.15) is 0 Å². The molecule has 2 aromatic heterocycles. The maximum Gasteiger partial charge on any atom is 0.0778 e. The quantitative estimate of drug-likeness (QED) is 0.291. The van der Waals surface area contributed by atoms with E-state index in [0.29, 0.717) is 0 Å². The summed E-state index contributed by atoms with van der Waals surface area (Å²) < 4.78 is 0. The van der Waals surface area contributed by atoms with Crippen LogP contribution in [0.4, 0.5) is 0 Å². The average Bonchev–Trinajstić information content (AvgIpc) is 3.41. The van der Waals surface area contributed by atoms with Gasteiger partial charge in [-0.3, -0.25) is 0 Å². The topological polar surface area (TPSA) is 0 Å². The van der Waals surface area contributed by atoms with E-state index in [-0.39, 0.29) is 0 Å². The van der Waals surface area contributed by atoms with Crippen molar-refractivity contribution in [1.82, 2.24) is 0 Å². The van der Waals surface area contributed by atoms with E-state index in [4.69, 9.17) is 0 Å². The lowest BCUT2D eigenvalue weighted by Gasteiger charge is -1.93. The third-order valence-corrected chi connectivity index (χ3v) is 6.53. The van der Waals surface area contributed by atoms with Gasteiger partial charge in [0, 0.05) is 9.75 Å². The highest BCUT2D eigenvalue weighted by Crippen LogP contribution is 2.21. The zero-order chi connectivity index (χ0) is 20.8. The summed E-state index contributed by atoms with van der Waals surface area (Å²) in [5.41, 5.74) is 4.99. The van der Waals surface area contributed by atoms with Crippen LogP contribution in [0.15, 0.2) is 72.8 Å². The second kappa shape index (κ2) is 9.59.